The first-order valence-corrected chi connectivity index (χ1v) is 5.19. The van der Waals surface area contributed by atoms with Crippen molar-refractivity contribution < 1.29 is 4.79 Å². The van der Waals surface area contributed by atoms with Crippen molar-refractivity contribution in [3.63, 3.8) is 0 Å². The molecule has 3 nitrogen and oxygen atoms in total. The Hall–Kier alpha value is -1.42. The quantitative estimate of drug-likeness (QED) is 0.789. The van der Waals surface area contributed by atoms with E-state index in [0.29, 0.717) is 6.54 Å². The van der Waals surface area contributed by atoms with E-state index >= 15 is 0 Å². The van der Waals surface area contributed by atoms with Gasteiger partial charge in [0.25, 0.3) is 0 Å². The summed E-state index contributed by atoms with van der Waals surface area (Å²) in [6, 6.07) is 9.48. The van der Waals surface area contributed by atoms with E-state index in [9.17, 15) is 4.79 Å². The van der Waals surface area contributed by atoms with Gasteiger partial charge in [-0.1, -0.05) is 30.4 Å². The lowest BCUT2D eigenvalue weighted by Gasteiger charge is -2.20. The van der Waals surface area contributed by atoms with Gasteiger partial charge < -0.3 is 10.6 Å². The van der Waals surface area contributed by atoms with Crippen LogP contribution in [-0.4, -0.2) is 17.4 Å². The first kappa shape index (κ1) is 11.7. The highest BCUT2D eigenvalue weighted by atomic mass is 32.1. The van der Waals surface area contributed by atoms with Gasteiger partial charge in [-0.2, -0.15) is 0 Å². The summed E-state index contributed by atoms with van der Waals surface area (Å²) in [7, 11) is 0. The van der Waals surface area contributed by atoms with Gasteiger partial charge >= 0.3 is 0 Å². The molecule has 15 heavy (non-hydrogen) atoms. The Morgan fingerprint density at radius 3 is 2.47 bits per heavy atom. The van der Waals surface area contributed by atoms with Crippen molar-refractivity contribution in [3.8, 4) is 0 Å². The fourth-order valence-corrected chi connectivity index (χ4v) is 1.48. The van der Waals surface area contributed by atoms with Gasteiger partial charge in [-0.3, -0.25) is 4.79 Å². The number of benzene rings is 1. The lowest BCUT2D eigenvalue weighted by molar-refractivity contribution is -0.117. The lowest BCUT2D eigenvalue weighted by Crippen LogP contribution is -2.33. The van der Waals surface area contributed by atoms with Crippen LogP contribution in [0.1, 0.15) is 13.3 Å². The Balaban J connectivity index is 2.80. The van der Waals surface area contributed by atoms with Gasteiger partial charge in [0.1, 0.15) is 0 Å². The van der Waals surface area contributed by atoms with Gasteiger partial charge in [0.05, 0.1) is 11.4 Å². The van der Waals surface area contributed by atoms with E-state index in [4.69, 9.17) is 18.0 Å². The van der Waals surface area contributed by atoms with E-state index in [0.717, 1.165) is 5.69 Å². The van der Waals surface area contributed by atoms with Crippen molar-refractivity contribution in [3.05, 3.63) is 30.3 Å². The van der Waals surface area contributed by atoms with Crippen LogP contribution in [0.15, 0.2) is 30.3 Å². The van der Waals surface area contributed by atoms with Crippen molar-refractivity contribution in [1.29, 1.82) is 0 Å². The largest absolute Gasteiger partial charge is 0.393 e. The Bertz CT molecular complexity index is 351. The average Bonchev–Trinajstić information content (AvgIpc) is 2.19. The van der Waals surface area contributed by atoms with Crippen LogP contribution >= 0.6 is 12.2 Å². The summed E-state index contributed by atoms with van der Waals surface area (Å²) in [5, 5.41) is 0. The molecule has 0 unspecified atom stereocenters. The molecule has 0 atom stereocenters. The second-order valence-electron chi connectivity index (χ2n) is 3.12. The number of carbonyl (C=O) groups is 1. The smallest absolute Gasteiger partial charge is 0.233 e. The molecule has 0 heterocycles. The molecule has 1 aromatic carbocycles. The Labute approximate surface area is 94.9 Å². The Morgan fingerprint density at radius 1 is 1.40 bits per heavy atom. The van der Waals surface area contributed by atoms with Gasteiger partial charge in [-0.25, -0.2) is 0 Å². The minimum absolute atomic E-state index is 0.0591. The van der Waals surface area contributed by atoms with Gasteiger partial charge in [-0.15, -0.1) is 0 Å². The molecule has 0 aliphatic rings. The summed E-state index contributed by atoms with van der Waals surface area (Å²) in [6.07, 6.45) is 0.123. The number of para-hydroxylation sites is 1. The molecule has 1 aromatic rings. The number of nitrogens with two attached hydrogens (primary N) is 1. The minimum atomic E-state index is -0.0591. The number of nitrogens with zero attached hydrogens (tertiary/aromatic N) is 1. The number of hydrogen-bond acceptors (Lipinski definition) is 2. The van der Waals surface area contributed by atoms with E-state index in [2.05, 4.69) is 0 Å². The lowest BCUT2D eigenvalue weighted by atomic mass is 10.2. The first-order valence-electron chi connectivity index (χ1n) is 4.79. The maximum atomic E-state index is 11.7. The standard InChI is InChI=1S/C11H14N2OS/c1-2-13(11(14)8-10(12)15)9-6-4-3-5-7-9/h3-7H,2,8H2,1H3,(H2,12,15). The second-order valence-corrected chi connectivity index (χ2v) is 3.64. The summed E-state index contributed by atoms with van der Waals surface area (Å²) in [5.41, 5.74) is 6.22. The summed E-state index contributed by atoms with van der Waals surface area (Å²) in [5.74, 6) is -0.0591. The number of hydrogen-bond donors (Lipinski definition) is 1. The topological polar surface area (TPSA) is 46.3 Å². The monoisotopic (exact) mass is 222 g/mol. The van der Waals surface area contributed by atoms with Crippen LogP contribution in [0.5, 0.6) is 0 Å². The third kappa shape index (κ3) is 3.32. The molecule has 80 valence electrons. The Kier molecular flexibility index (Phi) is 4.24. The van der Waals surface area contributed by atoms with Crippen LogP contribution in [0.25, 0.3) is 0 Å². The Morgan fingerprint density at radius 2 is 2.00 bits per heavy atom. The van der Waals surface area contributed by atoms with E-state index in [1.165, 1.54) is 0 Å². The molecule has 0 aliphatic heterocycles. The van der Waals surface area contributed by atoms with Crippen LogP contribution in [-0.2, 0) is 4.79 Å². The maximum absolute atomic E-state index is 11.7. The fourth-order valence-electron chi connectivity index (χ4n) is 1.36. The number of anilines is 1. The molecule has 0 bridgehead atoms. The van der Waals surface area contributed by atoms with E-state index < -0.39 is 0 Å². The molecule has 0 saturated heterocycles. The molecule has 4 heteroatoms. The van der Waals surface area contributed by atoms with E-state index in [-0.39, 0.29) is 17.3 Å². The average molecular weight is 222 g/mol. The van der Waals surface area contributed by atoms with Crippen LogP contribution in [0.4, 0.5) is 5.69 Å². The summed E-state index contributed by atoms with van der Waals surface area (Å²) >= 11 is 4.72. The van der Waals surface area contributed by atoms with Gasteiger partial charge in [0.2, 0.25) is 5.91 Å². The van der Waals surface area contributed by atoms with Crippen molar-refractivity contribution in [2.75, 3.05) is 11.4 Å². The van der Waals surface area contributed by atoms with Crippen molar-refractivity contribution in [2.45, 2.75) is 13.3 Å². The predicted molar refractivity (Wildman–Crippen MR) is 65.9 cm³/mol. The summed E-state index contributed by atoms with van der Waals surface area (Å²) < 4.78 is 0. The molecule has 0 aromatic heterocycles. The van der Waals surface area contributed by atoms with Crippen molar-refractivity contribution in [1.82, 2.24) is 0 Å². The number of carbonyl (C=O) groups excluding carboxylic acids is 1. The molecule has 2 N–H and O–H groups in total. The molecule has 0 aliphatic carbocycles. The predicted octanol–water partition coefficient (Wildman–Crippen LogP) is 1.72. The highest BCUT2D eigenvalue weighted by Crippen LogP contribution is 2.13. The molecule has 1 amide bonds. The molecule has 0 saturated carbocycles. The third-order valence-electron chi connectivity index (χ3n) is 2.01. The zero-order valence-corrected chi connectivity index (χ0v) is 9.46. The fraction of sp³-hybridized carbons (Fsp3) is 0.273. The van der Waals surface area contributed by atoms with E-state index in [1.54, 1.807) is 4.90 Å². The third-order valence-corrected chi connectivity index (χ3v) is 2.15. The second kappa shape index (κ2) is 5.46. The highest BCUT2D eigenvalue weighted by molar-refractivity contribution is 7.80. The SMILES string of the molecule is CCN(C(=O)CC(N)=S)c1ccccc1. The molecular weight excluding hydrogens is 208 g/mol. The van der Waals surface area contributed by atoms with Crippen LogP contribution < -0.4 is 10.6 Å². The zero-order valence-electron chi connectivity index (χ0n) is 8.64. The normalized spacial score (nSPS) is 9.67. The number of amides is 1. The van der Waals surface area contributed by atoms with Gasteiger partial charge in [0, 0.05) is 12.2 Å². The van der Waals surface area contributed by atoms with E-state index in [1.807, 2.05) is 37.3 Å². The molecule has 1 rings (SSSR count). The van der Waals surface area contributed by atoms with Crippen molar-refractivity contribution >= 4 is 28.8 Å². The van der Waals surface area contributed by atoms with Gasteiger partial charge in [0.15, 0.2) is 0 Å². The zero-order chi connectivity index (χ0) is 11.3. The van der Waals surface area contributed by atoms with Gasteiger partial charge in [-0.05, 0) is 19.1 Å². The minimum Gasteiger partial charge on any atom is -0.393 e. The highest BCUT2D eigenvalue weighted by Gasteiger charge is 2.13. The summed E-state index contributed by atoms with van der Waals surface area (Å²) in [4.78, 5) is 13.6. The van der Waals surface area contributed by atoms with Crippen molar-refractivity contribution in [2.24, 2.45) is 5.73 Å². The van der Waals surface area contributed by atoms with Crippen LogP contribution in [0, 0.1) is 0 Å². The van der Waals surface area contributed by atoms with Crippen LogP contribution in [0.3, 0.4) is 0 Å². The molecule has 0 fully saturated rings. The first-order chi connectivity index (χ1) is 7.15. The maximum Gasteiger partial charge on any atom is 0.233 e. The summed E-state index contributed by atoms with van der Waals surface area (Å²) in [6.45, 7) is 2.54. The number of thiocarbonyl (C=S) groups is 1. The molecular formula is C11H14N2OS. The number of rotatable bonds is 4. The molecule has 0 spiro atoms. The molecule has 0 radical (unpaired) electrons. The van der Waals surface area contributed by atoms with Crippen LogP contribution in [0.2, 0.25) is 0 Å².